The number of carbonyl (C=O) groups excluding carboxylic acids is 3. The van der Waals surface area contributed by atoms with Gasteiger partial charge in [-0.2, -0.15) is 0 Å². The lowest BCUT2D eigenvalue weighted by atomic mass is 9.99. The van der Waals surface area contributed by atoms with Gasteiger partial charge in [0, 0.05) is 17.7 Å². The van der Waals surface area contributed by atoms with Crippen LogP contribution >= 0.6 is 0 Å². The lowest BCUT2D eigenvalue weighted by Gasteiger charge is -2.19. The highest BCUT2D eigenvalue weighted by molar-refractivity contribution is 7.92. The predicted molar refractivity (Wildman–Crippen MR) is 174 cm³/mol. The third kappa shape index (κ3) is 11.2. The van der Waals surface area contributed by atoms with Crippen LogP contribution in [0.5, 0.6) is 0 Å². The first-order valence-corrected chi connectivity index (χ1v) is 18.1. The van der Waals surface area contributed by atoms with Crippen LogP contribution in [-0.2, 0) is 33.9 Å². The molecular weight excluding hydrogens is 631 g/mol. The Morgan fingerprint density at radius 1 is 0.696 bits per heavy atom. The number of rotatable bonds is 15. The Morgan fingerprint density at radius 3 is 1.61 bits per heavy atom. The number of amides is 1. The van der Waals surface area contributed by atoms with E-state index in [1.165, 1.54) is 48.5 Å². The molecule has 1 amide bonds. The summed E-state index contributed by atoms with van der Waals surface area (Å²) in [5, 5.41) is 2.68. The minimum absolute atomic E-state index is 0.00975. The number of nitrogens with one attached hydrogen (secondary N) is 1. The molecule has 46 heavy (non-hydrogen) atoms. The van der Waals surface area contributed by atoms with Crippen molar-refractivity contribution < 1.29 is 40.7 Å². The van der Waals surface area contributed by atoms with Crippen molar-refractivity contribution >= 4 is 37.3 Å². The lowest BCUT2D eigenvalue weighted by Crippen LogP contribution is -2.31. The molecule has 0 aromatic heterocycles. The first-order chi connectivity index (χ1) is 21.5. The molecular formula is C34H41NO9S2. The second-order valence-corrected chi connectivity index (χ2v) is 16.1. The predicted octanol–water partition coefficient (Wildman–Crippen LogP) is 4.53. The van der Waals surface area contributed by atoms with E-state index in [2.05, 4.69) is 5.32 Å². The zero-order valence-electron chi connectivity index (χ0n) is 26.7. The van der Waals surface area contributed by atoms with Gasteiger partial charge in [0.25, 0.3) is 5.91 Å². The van der Waals surface area contributed by atoms with Crippen LogP contribution in [-0.4, -0.2) is 71.4 Å². The number of benzene rings is 3. The summed E-state index contributed by atoms with van der Waals surface area (Å²) in [6, 6.07) is 17.8. The zero-order valence-corrected chi connectivity index (χ0v) is 28.4. The molecule has 3 aromatic carbocycles. The van der Waals surface area contributed by atoms with Gasteiger partial charge in [-0.05, 0) is 71.0 Å². The third-order valence-corrected chi connectivity index (χ3v) is 10.5. The molecule has 0 aliphatic carbocycles. The fourth-order valence-corrected chi connectivity index (χ4v) is 7.66. The topological polar surface area (TPSA) is 150 Å². The molecule has 0 radical (unpaired) electrons. The molecule has 0 saturated carbocycles. The molecule has 1 N–H and O–H groups in total. The van der Waals surface area contributed by atoms with Crippen molar-refractivity contribution in [3.8, 4) is 0 Å². The van der Waals surface area contributed by atoms with E-state index >= 15 is 0 Å². The summed E-state index contributed by atoms with van der Waals surface area (Å²) in [6.45, 7) is 9.42. The molecule has 10 nitrogen and oxygen atoms in total. The van der Waals surface area contributed by atoms with Gasteiger partial charge in [-0.15, -0.1) is 0 Å². The molecule has 0 aliphatic heterocycles. The molecule has 0 unspecified atom stereocenters. The van der Waals surface area contributed by atoms with Crippen LogP contribution in [0.1, 0.15) is 59.0 Å². The lowest BCUT2D eigenvalue weighted by molar-refractivity contribution is -0.156. The van der Waals surface area contributed by atoms with E-state index in [-0.39, 0.29) is 53.1 Å². The van der Waals surface area contributed by atoms with Gasteiger partial charge in [-0.3, -0.25) is 14.4 Å². The summed E-state index contributed by atoms with van der Waals surface area (Å²) in [4.78, 5) is 38.0. The number of hydrogen-bond acceptors (Lipinski definition) is 9. The Kier molecular flexibility index (Phi) is 12.4. The molecule has 0 spiro atoms. The minimum atomic E-state index is -4.03. The molecule has 0 bridgehead atoms. The van der Waals surface area contributed by atoms with Gasteiger partial charge in [-0.1, -0.05) is 47.5 Å². The Morgan fingerprint density at radius 2 is 1.15 bits per heavy atom. The minimum Gasteiger partial charge on any atom is -0.460 e. The molecule has 0 saturated heterocycles. The molecule has 0 heterocycles. The largest absolute Gasteiger partial charge is 0.460 e. The van der Waals surface area contributed by atoms with Gasteiger partial charge in [0.15, 0.2) is 25.5 Å². The first-order valence-electron chi connectivity index (χ1n) is 14.8. The van der Waals surface area contributed by atoms with Crippen molar-refractivity contribution in [2.24, 2.45) is 5.92 Å². The van der Waals surface area contributed by atoms with Crippen LogP contribution in [0, 0.1) is 19.8 Å². The van der Waals surface area contributed by atoms with E-state index in [0.29, 0.717) is 0 Å². The molecule has 12 heteroatoms. The van der Waals surface area contributed by atoms with Crippen LogP contribution in [0.2, 0.25) is 0 Å². The molecule has 3 rings (SSSR count). The van der Waals surface area contributed by atoms with Crippen LogP contribution in [0.15, 0.2) is 82.6 Å². The maximum Gasteiger partial charge on any atom is 0.308 e. The Labute approximate surface area is 271 Å². The zero-order chi connectivity index (χ0) is 34.1. The van der Waals surface area contributed by atoms with E-state index < -0.39 is 54.4 Å². The quantitative estimate of drug-likeness (QED) is 0.140. The Bertz CT molecular complexity index is 1650. The highest BCUT2D eigenvalue weighted by atomic mass is 32.2. The second kappa shape index (κ2) is 15.6. The average molecular weight is 672 g/mol. The van der Waals surface area contributed by atoms with Crippen LogP contribution < -0.4 is 5.32 Å². The van der Waals surface area contributed by atoms with Crippen molar-refractivity contribution in [2.75, 3.05) is 31.3 Å². The third-order valence-electron chi connectivity index (χ3n) is 6.81. The van der Waals surface area contributed by atoms with Gasteiger partial charge < -0.3 is 14.8 Å². The number of Topliss-reactive ketones (excluding diaryl/α,β-unsaturated/α-hetero) is 1. The smallest absolute Gasteiger partial charge is 0.308 e. The van der Waals surface area contributed by atoms with Crippen molar-refractivity contribution in [2.45, 2.75) is 56.4 Å². The average Bonchev–Trinajstić information content (AvgIpc) is 2.97. The van der Waals surface area contributed by atoms with Gasteiger partial charge in [0.2, 0.25) is 0 Å². The maximum atomic E-state index is 13.7. The number of ether oxygens (including phenoxy) is 2. The summed E-state index contributed by atoms with van der Waals surface area (Å²) in [5.74, 6) is -4.32. The SMILES string of the molecule is Cc1ccc(S(=O)(=O)CC(CS(=O)(=O)c2ccc(C)cc2)C(=O)c2ccc(C(=O)NCCOCCC(=O)OC(C)(C)C)cc2)cc1. The van der Waals surface area contributed by atoms with Gasteiger partial charge in [-0.25, -0.2) is 16.8 Å². The fourth-order valence-electron chi connectivity index (χ4n) is 4.42. The van der Waals surface area contributed by atoms with Crippen LogP contribution in [0.25, 0.3) is 0 Å². The van der Waals surface area contributed by atoms with Gasteiger partial charge in [0.05, 0.1) is 46.8 Å². The standard InChI is InChI=1S/C34H41NO9S2/c1-24-6-14-29(15-7-24)45(39,40)22-28(23-46(41,42)30-16-8-25(2)9-17-30)32(37)26-10-12-27(13-11-26)33(38)35-19-21-43-20-18-31(36)44-34(3,4)5/h6-17,28H,18-23H2,1-5H3,(H,35,38). The van der Waals surface area contributed by atoms with Gasteiger partial charge in [0.1, 0.15) is 5.60 Å². The van der Waals surface area contributed by atoms with E-state index in [1.54, 1.807) is 45.0 Å². The Hall–Kier alpha value is -3.87. The normalized spacial score (nSPS) is 12.1. The van der Waals surface area contributed by atoms with E-state index in [1.807, 2.05) is 13.8 Å². The van der Waals surface area contributed by atoms with Crippen molar-refractivity contribution in [1.29, 1.82) is 0 Å². The van der Waals surface area contributed by atoms with E-state index in [4.69, 9.17) is 9.47 Å². The highest BCUT2D eigenvalue weighted by Crippen LogP contribution is 2.23. The number of ketones is 1. The molecule has 3 aromatic rings. The van der Waals surface area contributed by atoms with Crippen LogP contribution in [0.3, 0.4) is 0 Å². The molecule has 0 atom stereocenters. The molecule has 0 aliphatic rings. The highest BCUT2D eigenvalue weighted by Gasteiger charge is 2.33. The van der Waals surface area contributed by atoms with E-state index in [0.717, 1.165) is 11.1 Å². The van der Waals surface area contributed by atoms with E-state index in [9.17, 15) is 31.2 Å². The fraction of sp³-hybridized carbons (Fsp3) is 0.382. The summed E-state index contributed by atoms with van der Waals surface area (Å²) in [6.07, 6.45) is 0.0837. The maximum absolute atomic E-state index is 13.7. The van der Waals surface area contributed by atoms with Gasteiger partial charge >= 0.3 is 5.97 Å². The summed E-state index contributed by atoms with van der Waals surface area (Å²) < 4.78 is 63.9. The second-order valence-electron chi connectivity index (χ2n) is 12.0. The molecule has 0 fully saturated rings. The number of carbonyl (C=O) groups is 3. The monoisotopic (exact) mass is 671 g/mol. The van der Waals surface area contributed by atoms with Crippen molar-refractivity contribution in [3.05, 3.63) is 95.1 Å². The first kappa shape index (κ1) is 36.6. The summed E-state index contributed by atoms with van der Waals surface area (Å²) in [5.41, 5.74) is 1.43. The van der Waals surface area contributed by atoms with Crippen molar-refractivity contribution in [3.63, 3.8) is 0 Å². The number of sulfone groups is 2. The van der Waals surface area contributed by atoms with Crippen molar-refractivity contribution in [1.82, 2.24) is 5.32 Å². The summed E-state index contributed by atoms with van der Waals surface area (Å²) >= 11 is 0. The number of hydrogen-bond donors (Lipinski definition) is 1. The molecule has 248 valence electrons. The van der Waals surface area contributed by atoms with Crippen LogP contribution in [0.4, 0.5) is 0 Å². The Balaban J connectivity index is 1.69. The summed E-state index contributed by atoms with van der Waals surface area (Å²) in [7, 11) is -8.06. The number of esters is 1. The number of aryl methyl sites for hydroxylation is 2.